The van der Waals surface area contributed by atoms with E-state index in [1.807, 2.05) is 0 Å². The molecule has 0 fully saturated rings. The van der Waals surface area contributed by atoms with Crippen LogP contribution in [0, 0.1) is 5.82 Å². The summed E-state index contributed by atoms with van der Waals surface area (Å²) >= 11 is 0. The van der Waals surface area contributed by atoms with Gasteiger partial charge in [-0.3, -0.25) is 4.40 Å². The zero-order chi connectivity index (χ0) is 13.2. The number of aromatic nitrogens is 3. The SMILES string of the molecule is Nc1ccn2c(COc3ccc(F)cc3)nnc2c1. The first-order chi connectivity index (χ1) is 9.22. The number of pyridine rings is 1. The maximum Gasteiger partial charge on any atom is 0.175 e. The average molecular weight is 258 g/mol. The van der Waals surface area contributed by atoms with E-state index in [1.54, 1.807) is 34.9 Å². The monoisotopic (exact) mass is 258 g/mol. The number of rotatable bonds is 3. The highest BCUT2D eigenvalue weighted by Crippen LogP contribution is 2.14. The Bertz CT molecular complexity index is 708. The summed E-state index contributed by atoms with van der Waals surface area (Å²) in [7, 11) is 0. The van der Waals surface area contributed by atoms with Crippen molar-refractivity contribution in [3.8, 4) is 5.75 Å². The molecule has 3 aromatic rings. The largest absolute Gasteiger partial charge is 0.486 e. The van der Waals surface area contributed by atoms with Crippen LogP contribution in [0.15, 0.2) is 42.6 Å². The van der Waals surface area contributed by atoms with Crippen molar-refractivity contribution >= 4 is 11.3 Å². The third-order valence-corrected chi connectivity index (χ3v) is 2.69. The lowest BCUT2D eigenvalue weighted by molar-refractivity contribution is 0.294. The molecule has 2 aromatic heterocycles. The number of ether oxygens (including phenoxy) is 1. The van der Waals surface area contributed by atoms with Gasteiger partial charge in [-0.05, 0) is 30.3 Å². The Balaban J connectivity index is 1.80. The van der Waals surface area contributed by atoms with Crippen molar-refractivity contribution in [2.75, 3.05) is 5.73 Å². The minimum atomic E-state index is -0.296. The van der Waals surface area contributed by atoms with E-state index in [9.17, 15) is 4.39 Å². The number of nitrogens with two attached hydrogens (primary N) is 1. The fourth-order valence-corrected chi connectivity index (χ4v) is 1.73. The van der Waals surface area contributed by atoms with Gasteiger partial charge in [-0.25, -0.2) is 4.39 Å². The van der Waals surface area contributed by atoms with E-state index in [-0.39, 0.29) is 12.4 Å². The molecule has 0 atom stereocenters. The molecule has 0 radical (unpaired) electrons. The Morgan fingerprint density at radius 1 is 1.16 bits per heavy atom. The van der Waals surface area contributed by atoms with Crippen LogP contribution >= 0.6 is 0 Å². The predicted octanol–water partition coefficient (Wildman–Crippen LogP) is 2.03. The fraction of sp³-hybridized carbons (Fsp3) is 0.0769. The Morgan fingerprint density at radius 3 is 2.74 bits per heavy atom. The third-order valence-electron chi connectivity index (χ3n) is 2.69. The fourth-order valence-electron chi connectivity index (χ4n) is 1.73. The molecular weight excluding hydrogens is 247 g/mol. The van der Waals surface area contributed by atoms with E-state index >= 15 is 0 Å². The van der Waals surface area contributed by atoms with Crippen LogP contribution in [-0.2, 0) is 6.61 Å². The van der Waals surface area contributed by atoms with Crippen LogP contribution in [0.3, 0.4) is 0 Å². The van der Waals surface area contributed by atoms with E-state index in [0.717, 1.165) is 0 Å². The highest BCUT2D eigenvalue weighted by Gasteiger charge is 2.06. The molecule has 6 heteroatoms. The van der Waals surface area contributed by atoms with Crippen molar-refractivity contribution in [3.63, 3.8) is 0 Å². The zero-order valence-electron chi connectivity index (χ0n) is 9.95. The van der Waals surface area contributed by atoms with Gasteiger partial charge in [-0.2, -0.15) is 0 Å². The summed E-state index contributed by atoms with van der Waals surface area (Å²) < 4.78 is 20.1. The second-order valence-electron chi connectivity index (χ2n) is 4.05. The second-order valence-corrected chi connectivity index (χ2v) is 4.05. The van der Waals surface area contributed by atoms with Crippen molar-refractivity contribution < 1.29 is 9.13 Å². The number of hydrogen-bond acceptors (Lipinski definition) is 4. The van der Waals surface area contributed by atoms with Crippen LogP contribution < -0.4 is 10.5 Å². The standard InChI is InChI=1S/C13H11FN4O/c14-9-1-3-11(4-2-9)19-8-13-17-16-12-7-10(15)5-6-18(12)13/h1-7H,8,15H2. The number of fused-ring (bicyclic) bond motifs is 1. The Hall–Kier alpha value is -2.63. The van der Waals surface area contributed by atoms with Crippen LogP contribution in [0.4, 0.5) is 10.1 Å². The van der Waals surface area contributed by atoms with Gasteiger partial charge in [0.05, 0.1) is 0 Å². The van der Waals surface area contributed by atoms with Gasteiger partial charge in [0.15, 0.2) is 11.5 Å². The van der Waals surface area contributed by atoms with E-state index < -0.39 is 0 Å². The number of halogens is 1. The highest BCUT2D eigenvalue weighted by molar-refractivity contribution is 5.51. The van der Waals surface area contributed by atoms with Gasteiger partial charge in [0.2, 0.25) is 0 Å². The quantitative estimate of drug-likeness (QED) is 0.780. The molecule has 2 N–H and O–H groups in total. The van der Waals surface area contributed by atoms with Crippen LogP contribution in [0.5, 0.6) is 5.75 Å². The summed E-state index contributed by atoms with van der Waals surface area (Å²) in [6, 6.07) is 9.31. The normalized spacial score (nSPS) is 10.8. The summed E-state index contributed by atoms with van der Waals surface area (Å²) in [5, 5.41) is 8.03. The molecule has 0 saturated heterocycles. The lowest BCUT2D eigenvalue weighted by Crippen LogP contribution is -2.01. The molecule has 1 aromatic carbocycles. The lowest BCUT2D eigenvalue weighted by atomic mass is 10.3. The summed E-state index contributed by atoms with van der Waals surface area (Å²) in [6.07, 6.45) is 1.79. The predicted molar refractivity (Wildman–Crippen MR) is 68.1 cm³/mol. The molecule has 2 heterocycles. The Morgan fingerprint density at radius 2 is 1.95 bits per heavy atom. The van der Waals surface area contributed by atoms with Crippen molar-refractivity contribution in [1.29, 1.82) is 0 Å². The lowest BCUT2D eigenvalue weighted by Gasteiger charge is -2.04. The maximum absolute atomic E-state index is 12.8. The third kappa shape index (κ3) is 2.33. The molecule has 0 aliphatic heterocycles. The minimum absolute atomic E-state index is 0.247. The molecule has 96 valence electrons. The zero-order valence-corrected chi connectivity index (χ0v) is 9.95. The Kier molecular flexibility index (Phi) is 2.75. The van der Waals surface area contributed by atoms with Crippen LogP contribution in [0.25, 0.3) is 5.65 Å². The number of nitrogens with zero attached hydrogens (tertiary/aromatic N) is 3. The van der Waals surface area contributed by atoms with Gasteiger partial charge in [0, 0.05) is 18.0 Å². The van der Waals surface area contributed by atoms with Gasteiger partial charge in [-0.1, -0.05) is 0 Å². The van der Waals surface area contributed by atoms with Crippen LogP contribution in [0.1, 0.15) is 5.82 Å². The highest BCUT2D eigenvalue weighted by atomic mass is 19.1. The summed E-state index contributed by atoms with van der Waals surface area (Å²) in [5.74, 6) is 0.934. The van der Waals surface area contributed by atoms with Gasteiger partial charge in [0.1, 0.15) is 18.2 Å². The first-order valence-electron chi connectivity index (χ1n) is 5.70. The minimum Gasteiger partial charge on any atom is -0.486 e. The van der Waals surface area contributed by atoms with Gasteiger partial charge in [0.25, 0.3) is 0 Å². The molecule has 19 heavy (non-hydrogen) atoms. The van der Waals surface area contributed by atoms with Crippen LogP contribution in [-0.4, -0.2) is 14.6 Å². The summed E-state index contributed by atoms with van der Waals surface area (Å²) in [4.78, 5) is 0. The van der Waals surface area contributed by atoms with Crippen molar-refractivity contribution in [3.05, 3.63) is 54.2 Å². The smallest absolute Gasteiger partial charge is 0.175 e. The molecule has 0 spiro atoms. The summed E-state index contributed by atoms with van der Waals surface area (Å²) in [6.45, 7) is 0.247. The average Bonchev–Trinajstić information content (AvgIpc) is 2.80. The molecule has 0 unspecified atom stereocenters. The molecule has 3 rings (SSSR count). The van der Waals surface area contributed by atoms with Crippen molar-refractivity contribution in [2.24, 2.45) is 0 Å². The number of benzene rings is 1. The van der Waals surface area contributed by atoms with Crippen LogP contribution in [0.2, 0.25) is 0 Å². The van der Waals surface area contributed by atoms with E-state index in [1.165, 1.54) is 12.1 Å². The van der Waals surface area contributed by atoms with Gasteiger partial charge >= 0.3 is 0 Å². The van der Waals surface area contributed by atoms with E-state index in [2.05, 4.69) is 10.2 Å². The topological polar surface area (TPSA) is 65.4 Å². The molecule has 5 nitrogen and oxygen atoms in total. The summed E-state index contributed by atoms with van der Waals surface area (Å²) in [5.41, 5.74) is 6.96. The maximum atomic E-state index is 12.8. The number of anilines is 1. The number of nitrogen functional groups attached to an aromatic ring is 1. The molecule has 0 amide bonds. The van der Waals surface area contributed by atoms with Gasteiger partial charge in [-0.15, -0.1) is 10.2 Å². The van der Waals surface area contributed by atoms with Crippen molar-refractivity contribution in [1.82, 2.24) is 14.6 Å². The molecule has 0 aliphatic carbocycles. The first-order valence-corrected chi connectivity index (χ1v) is 5.70. The second kappa shape index (κ2) is 4.56. The van der Waals surface area contributed by atoms with E-state index in [4.69, 9.17) is 10.5 Å². The molecular formula is C13H11FN4O. The van der Waals surface area contributed by atoms with E-state index in [0.29, 0.717) is 22.9 Å². The van der Waals surface area contributed by atoms with Gasteiger partial charge < -0.3 is 10.5 Å². The molecule has 0 saturated carbocycles. The molecule has 0 bridgehead atoms. The first kappa shape index (κ1) is 11.5. The number of hydrogen-bond donors (Lipinski definition) is 1. The van der Waals surface area contributed by atoms with Crippen molar-refractivity contribution in [2.45, 2.75) is 6.61 Å². The Labute approximate surface area is 108 Å². The molecule has 0 aliphatic rings.